The molecule has 138 valence electrons. The van der Waals surface area contributed by atoms with Gasteiger partial charge < -0.3 is 10.2 Å². The Morgan fingerprint density at radius 3 is 2.96 bits per heavy atom. The van der Waals surface area contributed by atoms with Crippen molar-refractivity contribution >= 4 is 22.8 Å². The quantitative estimate of drug-likeness (QED) is 0.770. The predicted octanol–water partition coefficient (Wildman–Crippen LogP) is 2.70. The first-order valence-electron chi connectivity index (χ1n) is 9.03. The highest BCUT2D eigenvalue weighted by atomic mass is 19.1. The first-order chi connectivity index (χ1) is 13.2. The molecule has 1 aromatic carbocycles. The normalized spacial score (nSPS) is 17.1. The number of anilines is 1. The average molecular weight is 365 g/mol. The van der Waals surface area contributed by atoms with Crippen molar-refractivity contribution in [3.8, 4) is 0 Å². The van der Waals surface area contributed by atoms with E-state index in [1.165, 1.54) is 6.07 Å². The summed E-state index contributed by atoms with van der Waals surface area (Å²) in [5.74, 6) is -0.481. The Kier molecular flexibility index (Phi) is 4.91. The number of hydrogen-bond donors (Lipinski definition) is 1. The van der Waals surface area contributed by atoms with E-state index in [1.54, 1.807) is 36.8 Å². The summed E-state index contributed by atoms with van der Waals surface area (Å²) in [6.07, 6.45) is 6.77. The van der Waals surface area contributed by atoms with Crippen molar-refractivity contribution in [1.29, 1.82) is 0 Å². The van der Waals surface area contributed by atoms with Crippen molar-refractivity contribution in [1.82, 2.24) is 20.3 Å². The van der Waals surface area contributed by atoms with Gasteiger partial charge in [0.25, 0.3) is 0 Å². The highest BCUT2D eigenvalue weighted by molar-refractivity contribution is 5.80. The smallest absolute Gasteiger partial charge is 0.225 e. The molecule has 3 heterocycles. The van der Waals surface area contributed by atoms with Crippen LogP contribution in [0.3, 0.4) is 0 Å². The van der Waals surface area contributed by atoms with Crippen molar-refractivity contribution < 1.29 is 9.18 Å². The first-order valence-corrected chi connectivity index (χ1v) is 9.03. The van der Waals surface area contributed by atoms with Crippen LogP contribution < -0.4 is 10.2 Å². The number of benzene rings is 1. The van der Waals surface area contributed by atoms with Crippen LogP contribution in [0.15, 0.2) is 48.9 Å². The topological polar surface area (TPSA) is 71.0 Å². The number of carbonyl (C=O) groups is 1. The molecule has 1 aliphatic heterocycles. The number of aromatic nitrogens is 3. The molecule has 1 atom stereocenters. The molecule has 1 saturated heterocycles. The number of hydrogen-bond acceptors (Lipinski definition) is 5. The number of nitrogens with one attached hydrogen (secondary N) is 1. The second-order valence-corrected chi connectivity index (χ2v) is 6.69. The van der Waals surface area contributed by atoms with Gasteiger partial charge in [0, 0.05) is 37.6 Å². The van der Waals surface area contributed by atoms with Gasteiger partial charge in [0.15, 0.2) is 5.65 Å². The highest BCUT2D eigenvalue weighted by Crippen LogP contribution is 2.24. The summed E-state index contributed by atoms with van der Waals surface area (Å²) in [5, 5.41) is 2.87. The number of rotatable bonds is 4. The number of fused-ring (bicyclic) bond motifs is 1. The Bertz CT molecular complexity index is 964. The summed E-state index contributed by atoms with van der Waals surface area (Å²) in [4.78, 5) is 27.6. The van der Waals surface area contributed by atoms with E-state index in [-0.39, 0.29) is 24.2 Å². The lowest BCUT2D eigenvalue weighted by molar-refractivity contribution is -0.125. The molecule has 0 bridgehead atoms. The fourth-order valence-electron chi connectivity index (χ4n) is 3.41. The fraction of sp³-hybridized carbons (Fsp3) is 0.300. The summed E-state index contributed by atoms with van der Waals surface area (Å²) >= 11 is 0. The Labute approximate surface area is 156 Å². The molecule has 6 nitrogen and oxygen atoms in total. The molecule has 27 heavy (non-hydrogen) atoms. The molecule has 3 aromatic rings. The number of nitrogens with zero attached hydrogens (tertiary/aromatic N) is 4. The lowest BCUT2D eigenvalue weighted by Gasteiger charge is -2.33. The van der Waals surface area contributed by atoms with Crippen LogP contribution in [0.1, 0.15) is 18.4 Å². The molecule has 7 heteroatoms. The molecule has 1 aliphatic rings. The molecule has 0 saturated carbocycles. The SMILES string of the molecule is O=C(NCc1ccccc1F)C1CCCN(c2cnc3nccnc3c2)C1. The first kappa shape index (κ1) is 17.3. The van der Waals surface area contributed by atoms with E-state index in [0.29, 0.717) is 17.8 Å². The standard InChI is InChI=1S/C20H20FN5O/c21-17-6-2-1-4-14(17)11-25-20(27)15-5-3-9-26(13-15)16-10-18-19(24-12-16)23-8-7-22-18/h1-2,4,6-8,10,12,15H,3,5,9,11,13H2,(H,25,27). The molecular formula is C20H20FN5O. The molecular weight excluding hydrogens is 345 g/mol. The number of halogens is 1. The van der Waals surface area contributed by atoms with Gasteiger partial charge in [-0.15, -0.1) is 0 Å². The van der Waals surface area contributed by atoms with E-state index in [0.717, 1.165) is 30.6 Å². The average Bonchev–Trinajstić information content (AvgIpc) is 2.72. The zero-order valence-electron chi connectivity index (χ0n) is 14.8. The van der Waals surface area contributed by atoms with Gasteiger partial charge in [0.05, 0.1) is 17.8 Å². The molecule has 1 N–H and O–H groups in total. The van der Waals surface area contributed by atoms with Gasteiger partial charge in [0.1, 0.15) is 11.3 Å². The van der Waals surface area contributed by atoms with E-state index in [4.69, 9.17) is 0 Å². The monoisotopic (exact) mass is 365 g/mol. The van der Waals surface area contributed by atoms with Gasteiger partial charge in [-0.1, -0.05) is 18.2 Å². The molecule has 1 fully saturated rings. The van der Waals surface area contributed by atoms with Gasteiger partial charge >= 0.3 is 0 Å². The largest absolute Gasteiger partial charge is 0.369 e. The van der Waals surface area contributed by atoms with E-state index in [1.807, 2.05) is 6.07 Å². The molecule has 0 radical (unpaired) electrons. The van der Waals surface area contributed by atoms with Crippen LogP contribution >= 0.6 is 0 Å². The predicted molar refractivity (Wildman–Crippen MR) is 101 cm³/mol. The number of amides is 1. The van der Waals surface area contributed by atoms with Crippen LogP contribution in [-0.2, 0) is 11.3 Å². The van der Waals surface area contributed by atoms with Gasteiger partial charge in [-0.3, -0.25) is 9.78 Å². The number of piperidine rings is 1. The minimum Gasteiger partial charge on any atom is -0.369 e. The van der Waals surface area contributed by atoms with Crippen LogP contribution in [0.4, 0.5) is 10.1 Å². The molecule has 2 aromatic heterocycles. The molecule has 0 spiro atoms. The Balaban J connectivity index is 1.42. The summed E-state index contributed by atoms with van der Waals surface area (Å²) in [6, 6.07) is 8.45. The van der Waals surface area contributed by atoms with Crippen LogP contribution in [-0.4, -0.2) is 33.9 Å². The molecule has 0 aliphatic carbocycles. The Morgan fingerprint density at radius 1 is 1.22 bits per heavy atom. The van der Waals surface area contributed by atoms with Crippen LogP contribution in [0.25, 0.3) is 11.2 Å². The van der Waals surface area contributed by atoms with Gasteiger partial charge in [-0.25, -0.2) is 14.4 Å². The highest BCUT2D eigenvalue weighted by Gasteiger charge is 2.26. The van der Waals surface area contributed by atoms with Crippen LogP contribution in [0, 0.1) is 11.7 Å². The minimum atomic E-state index is -0.300. The number of pyridine rings is 1. The summed E-state index contributed by atoms with van der Waals surface area (Å²) in [5.41, 5.74) is 2.78. The van der Waals surface area contributed by atoms with E-state index < -0.39 is 0 Å². The van der Waals surface area contributed by atoms with Crippen LogP contribution in [0.5, 0.6) is 0 Å². The lowest BCUT2D eigenvalue weighted by Crippen LogP contribution is -2.43. The van der Waals surface area contributed by atoms with E-state index in [2.05, 4.69) is 25.2 Å². The third-order valence-corrected chi connectivity index (χ3v) is 4.88. The van der Waals surface area contributed by atoms with E-state index >= 15 is 0 Å². The Morgan fingerprint density at radius 2 is 2.07 bits per heavy atom. The maximum absolute atomic E-state index is 13.7. The van der Waals surface area contributed by atoms with Crippen molar-refractivity contribution in [2.24, 2.45) is 5.92 Å². The second kappa shape index (κ2) is 7.65. The summed E-state index contributed by atoms with van der Waals surface area (Å²) in [6.45, 7) is 1.68. The van der Waals surface area contributed by atoms with Crippen molar-refractivity contribution in [2.45, 2.75) is 19.4 Å². The third-order valence-electron chi connectivity index (χ3n) is 4.88. The van der Waals surface area contributed by atoms with Crippen LogP contribution in [0.2, 0.25) is 0 Å². The minimum absolute atomic E-state index is 0.0449. The van der Waals surface area contributed by atoms with Gasteiger partial charge in [0.2, 0.25) is 5.91 Å². The zero-order chi connectivity index (χ0) is 18.6. The van der Waals surface area contributed by atoms with Gasteiger partial charge in [-0.2, -0.15) is 0 Å². The van der Waals surface area contributed by atoms with Crippen molar-refractivity contribution in [3.05, 3.63) is 60.3 Å². The number of carbonyl (C=O) groups excluding carboxylic acids is 1. The Hall–Kier alpha value is -3.09. The second-order valence-electron chi connectivity index (χ2n) is 6.69. The van der Waals surface area contributed by atoms with Crippen molar-refractivity contribution in [2.75, 3.05) is 18.0 Å². The zero-order valence-corrected chi connectivity index (χ0v) is 14.8. The lowest BCUT2D eigenvalue weighted by atomic mass is 9.96. The van der Waals surface area contributed by atoms with Crippen molar-refractivity contribution in [3.63, 3.8) is 0 Å². The summed E-state index contributed by atoms with van der Waals surface area (Å²) < 4.78 is 13.7. The maximum atomic E-state index is 13.7. The third kappa shape index (κ3) is 3.86. The molecule has 1 unspecified atom stereocenters. The van der Waals surface area contributed by atoms with E-state index in [9.17, 15) is 9.18 Å². The molecule has 4 rings (SSSR count). The molecule has 1 amide bonds. The fourth-order valence-corrected chi connectivity index (χ4v) is 3.41. The maximum Gasteiger partial charge on any atom is 0.225 e. The van der Waals surface area contributed by atoms with Gasteiger partial charge in [-0.05, 0) is 25.0 Å². The summed E-state index contributed by atoms with van der Waals surface area (Å²) in [7, 11) is 0.